The molecule has 24 heavy (non-hydrogen) atoms. The predicted molar refractivity (Wildman–Crippen MR) is 97.2 cm³/mol. The highest BCUT2D eigenvalue weighted by atomic mass is 32.2. The lowest BCUT2D eigenvalue weighted by Gasteiger charge is -2.14. The summed E-state index contributed by atoms with van der Waals surface area (Å²) < 4.78 is 11.2. The van der Waals surface area contributed by atoms with E-state index >= 15 is 0 Å². The summed E-state index contributed by atoms with van der Waals surface area (Å²) in [6, 6.07) is 11.0. The van der Waals surface area contributed by atoms with E-state index in [4.69, 9.17) is 21.7 Å². The second-order valence-electron chi connectivity index (χ2n) is 5.26. The van der Waals surface area contributed by atoms with Crippen LogP contribution in [-0.2, 0) is 4.79 Å². The Morgan fingerprint density at radius 3 is 2.92 bits per heavy atom. The number of aryl methyl sites for hydroxylation is 1. The maximum Gasteiger partial charge on any atom is 0.270 e. The number of hydrogen-bond donors (Lipinski definition) is 0. The van der Waals surface area contributed by atoms with Crippen molar-refractivity contribution in [2.24, 2.45) is 0 Å². The van der Waals surface area contributed by atoms with Crippen molar-refractivity contribution in [2.75, 3.05) is 11.7 Å². The van der Waals surface area contributed by atoms with Crippen LogP contribution in [0.1, 0.15) is 11.4 Å². The van der Waals surface area contributed by atoms with E-state index in [1.54, 1.807) is 24.3 Å². The third-order valence-electron chi connectivity index (χ3n) is 3.60. The van der Waals surface area contributed by atoms with Gasteiger partial charge in [-0.2, -0.15) is 0 Å². The average Bonchev–Trinajstić information content (AvgIpc) is 3.12. The number of pyridine rings is 1. The molecule has 4 rings (SSSR count). The molecule has 120 valence electrons. The number of nitrogens with zero attached hydrogens (tertiary/aromatic N) is 2. The number of ether oxygens (including phenoxy) is 2. The number of rotatable bonds is 2. The number of aromatic nitrogens is 1. The Kier molecular flexibility index (Phi) is 3.74. The highest BCUT2D eigenvalue weighted by Gasteiger charge is 2.34. The third kappa shape index (κ3) is 2.65. The molecule has 1 saturated heterocycles. The first kappa shape index (κ1) is 15.2. The molecule has 0 radical (unpaired) electrons. The van der Waals surface area contributed by atoms with Gasteiger partial charge >= 0.3 is 0 Å². The second-order valence-corrected chi connectivity index (χ2v) is 6.93. The molecule has 1 fully saturated rings. The molecule has 2 aromatic rings. The molecule has 0 saturated carbocycles. The summed E-state index contributed by atoms with van der Waals surface area (Å²) in [5, 5.41) is 0. The molecule has 1 aromatic heterocycles. The number of thioether (sulfide) groups is 1. The molecule has 1 amide bonds. The van der Waals surface area contributed by atoms with Crippen molar-refractivity contribution in [1.82, 2.24) is 4.98 Å². The smallest absolute Gasteiger partial charge is 0.270 e. The number of hydrogen-bond acceptors (Lipinski definition) is 6. The van der Waals surface area contributed by atoms with E-state index < -0.39 is 0 Å². The zero-order valence-electron chi connectivity index (χ0n) is 12.7. The third-order valence-corrected chi connectivity index (χ3v) is 4.90. The summed E-state index contributed by atoms with van der Waals surface area (Å²) >= 11 is 6.65. The molecule has 7 heteroatoms. The van der Waals surface area contributed by atoms with E-state index in [9.17, 15) is 4.79 Å². The first-order valence-electron chi connectivity index (χ1n) is 7.23. The first-order chi connectivity index (χ1) is 11.6. The molecule has 0 N–H and O–H groups in total. The van der Waals surface area contributed by atoms with Crippen molar-refractivity contribution in [1.29, 1.82) is 0 Å². The van der Waals surface area contributed by atoms with E-state index in [-0.39, 0.29) is 12.7 Å². The van der Waals surface area contributed by atoms with Crippen molar-refractivity contribution >= 4 is 46.0 Å². The van der Waals surface area contributed by atoms with Gasteiger partial charge in [0.05, 0.1) is 16.3 Å². The summed E-state index contributed by atoms with van der Waals surface area (Å²) in [7, 11) is 0. The van der Waals surface area contributed by atoms with E-state index in [1.807, 2.05) is 25.1 Å². The van der Waals surface area contributed by atoms with Gasteiger partial charge < -0.3 is 9.47 Å². The van der Waals surface area contributed by atoms with E-state index in [0.29, 0.717) is 26.4 Å². The van der Waals surface area contributed by atoms with Gasteiger partial charge in [0.15, 0.2) is 15.8 Å². The molecular weight excluding hydrogens is 344 g/mol. The van der Waals surface area contributed by atoms with Gasteiger partial charge in [-0.1, -0.05) is 30.0 Å². The zero-order valence-corrected chi connectivity index (χ0v) is 14.3. The SMILES string of the molecule is Cc1cccc(/C=C2/SC(=S)N(c3ccc4c(c3)OCO4)C2=O)n1. The lowest BCUT2D eigenvalue weighted by Crippen LogP contribution is -2.27. The van der Waals surface area contributed by atoms with Crippen LogP contribution in [0.5, 0.6) is 11.5 Å². The minimum Gasteiger partial charge on any atom is -0.454 e. The Labute approximate surface area is 148 Å². The minimum atomic E-state index is -0.160. The lowest BCUT2D eigenvalue weighted by atomic mass is 10.2. The van der Waals surface area contributed by atoms with Crippen molar-refractivity contribution in [2.45, 2.75) is 6.92 Å². The zero-order chi connectivity index (χ0) is 16.7. The fraction of sp³-hybridized carbons (Fsp3) is 0.118. The van der Waals surface area contributed by atoms with Crippen molar-refractivity contribution in [3.63, 3.8) is 0 Å². The first-order valence-corrected chi connectivity index (χ1v) is 8.45. The van der Waals surface area contributed by atoms with E-state index in [0.717, 1.165) is 11.4 Å². The summed E-state index contributed by atoms with van der Waals surface area (Å²) in [5.41, 5.74) is 2.30. The highest BCUT2D eigenvalue weighted by Crippen LogP contribution is 2.40. The second kappa shape index (κ2) is 5.92. The molecular formula is C17H12N2O3S2. The monoisotopic (exact) mass is 356 g/mol. The van der Waals surface area contributed by atoms with Gasteiger partial charge in [0, 0.05) is 11.8 Å². The normalized spacial score (nSPS) is 17.9. The fourth-order valence-corrected chi connectivity index (χ4v) is 3.78. The predicted octanol–water partition coefficient (Wildman–Crippen LogP) is 3.52. The summed E-state index contributed by atoms with van der Waals surface area (Å²) in [6.45, 7) is 2.10. The Hall–Kier alpha value is -2.38. The van der Waals surface area contributed by atoms with Gasteiger partial charge in [0.25, 0.3) is 5.91 Å². The number of thiocarbonyl (C=S) groups is 1. The number of carbonyl (C=O) groups is 1. The maximum absolute atomic E-state index is 12.8. The van der Waals surface area contributed by atoms with Crippen molar-refractivity contribution < 1.29 is 14.3 Å². The van der Waals surface area contributed by atoms with Crippen LogP contribution in [0.15, 0.2) is 41.3 Å². The van der Waals surface area contributed by atoms with Crippen LogP contribution in [0.2, 0.25) is 0 Å². The summed E-state index contributed by atoms with van der Waals surface area (Å²) in [6.07, 6.45) is 1.76. The molecule has 0 unspecified atom stereocenters. The number of carbonyl (C=O) groups excluding carboxylic acids is 1. The number of fused-ring (bicyclic) bond motifs is 1. The van der Waals surface area contributed by atoms with E-state index in [2.05, 4.69) is 4.98 Å². The molecule has 0 spiro atoms. The van der Waals surface area contributed by atoms with Crippen molar-refractivity contribution in [3.05, 3.63) is 52.7 Å². The van der Waals surface area contributed by atoms with E-state index in [1.165, 1.54) is 16.7 Å². The molecule has 0 bridgehead atoms. The van der Waals surface area contributed by atoms with Crippen molar-refractivity contribution in [3.8, 4) is 11.5 Å². The molecule has 2 aliphatic heterocycles. The Bertz CT molecular complexity index is 895. The van der Waals surface area contributed by atoms with Crippen LogP contribution in [0.25, 0.3) is 6.08 Å². The van der Waals surface area contributed by atoms with Crippen LogP contribution in [0.3, 0.4) is 0 Å². The Morgan fingerprint density at radius 2 is 2.08 bits per heavy atom. The molecule has 2 aliphatic rings. The van der Waals surface area contributed by atoms with Gasteiger partial charge in [-0.15, -0.1) is 0 Å². The topological polar surface area (TPSA) is 51.7 Å². The Morgan fingerprint density at radius 1 is 1.25 bits per heavy atom. The van der Waals surface area contributed by atoms with Crippen LogP contribution >= 0.6 is 24.0 Å². The molecule has 1 aromatic carbocycles. The van der Waals surface area contributed by atoms with Gasteiger partial charge in [-0.3, -0.25) is 14.7 Å². The number of anilines is 1. The van der Waals surface area contributed by atoms with Crippen LogP contribution in [-0.4, -0.2) is 22.0 Å². The van der Waals surface area contributed by atoms with Gasteiger partial charge in [0.1, 0.15) is 0 Å². The molecule has 0 aliphatic carbocycles. The minimum absolute atomic E-state index is 0.160. The van der Waals surface area contributed by atoms with Gasteiger partial charge in [-0.25, -0.2) is 0 Å². The van der Waals surface area contributed by atoms with Crippen LogP contribution in [0.4, 0.5) is 5.69 Å². The molecule has 3 heterocycles. The van der Waals surface area contributed by atoms with Crippen LogP contribution < -0.4 is 14.4 Å². The standard InChI is InChI=1S/C17H12N2O3S2/c1-10-3-2-4-11(18-10)7-15-16(20)19(17(23)24-15)12-5-6-13-14(8-12)22-9-21-13/h2-8H,9H2,1H3/b15-7+. The molecule has 0 atom stereocenters. The largest absolute Gasteiger partial charge is 0.454 e. The van der Waals surface area contributed by atoms with Crippen LogP contribution in [0, 0.1) is 6.92 Å². The maximum atomic E-state index is 12.8. The summed E-state index contributed by atoms with van der Waals surface area (Å²) in [5.74, 6) is 1.13. The number of benzene rings is 1. The fourth-order valence-electron chi connectivity index (χ4n) is 2.49. The summed E-state index contributed by atoms with van der Waals surface area (Å²) in [4.78, 5) is 19.2. The lowest BCUT2D eigenvalue weighted by molar-refractivity contribution is -0.113. The Balaban J connectivity index is 1.66. The highest BCUT2D eigenvalue weighted by molar-refractivity contribution is 8.27. The van der Waals surface area contributed by atoms with Gasteiger partial charge in [-0.05, 0) is 37.3 Å². The number of amides is 1. The quantitative estimate of drug-likeness (QED) is 0.606. The average molecular weight is 356 g/mol. The van der Waals surface area contributed by atoms with Gasteiger partial charge in [0.2, 0.25) is 6.79 Å². The molecule has 5 nitrogen and oxygen atoms in total.